The maximum absolute atomic E-state index is 5.89. The van der Waals surface area contributed by atoms with Gasteiger partial charge in [-0.25, -0.2) is 4.98 Å². The fourth-order valence-corrected chi connectivity index (χ4v) is 2.39. The van der Waals surface area contributed by atoms with Crippen LogP contribution < -0.4 is 0 Å². The van der Waals surface area contributed by atoms with E-state index in [1.165, 1.54) is 4.80 Å². The summed E-state index contributed by atoms with van der Waals surface area (Å²) >= 11 is 5.89. The molecule has 6 nitrogen and oxygen atoms in total. The van der Waals surface area contributed by atoms with Crippen molar-refractivity contribution in [2.45, 2.75) is 6.54 Å². The Morgan fingerprint density at radius 1 is 0.958 bits per heavy atom. The van der Waals surface area contributed by atoms with Gasteiger partial charge in [0.25, 0.3) is 0 Å². The minimum absolute atomic E-state index is 0.313. The Balaban J connectivity index is 1.52. The van der Waals surface area contributed by atoms with Crippen molar-refractivity contribution in [3.63, 3.8) is 0 Å². The molecule has 0 spiro atoms. The predicted molar refractivity (Wildman–Crippen MR) is 89.3 cm³/mol. The van der Waals surface area contributed by atoms with Crippen molar-refractivity contribution >= 4 is 11.6 Å². The first-order chi connectivity index (χ1) is 11.8. The van der Waals surface area contributed by atoms with E-state index in [1.807, 2.05) is 54.6 Å². The van der Waals surface area contributed by atoms with Gasteiger partial charge in [0.2, 0.25) is 11.7 Å². The SMILES string of the molecule is Clc1ccc(-c2cnc(Cn3nnc(-c4ccccc4)n3)o2)cc1. The zero-order valence-corrected chi connectivity index (χ0v) is 13.3. The van der Waals surface area contributed by atoms with Gasteiger partial charge in [0, 0.05) is 16.1 Å². The van der Waals surface area contributed by atoms with Crippen LogP contribution in [-0.4, -0.2) is 25.2 Å². The summed E-state index contributed by atoms with van der Waals surface area (Å²) in [6.45, 7) is 0.313. The molecule has 2 aromatic heterocycles. The van der Waals surface area contributed by atoms with Gasteiger partial charge in [0.15, 0.2) is 5.76 Å². The molecule has 0 aliphatic heterocycles. The smallest absolute Gasteiger partial charge is 0.218 e. The van der Waals surface area contributed by atoms with Crippen molar-refractivity contribution in [3.8, 4) is 22.7 Å². The molecule has 0 aliphatic carbocycles. The maximum Gasteiger partial charge on any atom is 0.218 e. The van der Waals surface area contributed by atoms with Crippen molar-refractivity contribution in [3.05, 3.63) is 71.7 Å². The summed E-state index contributed by atoms with van der Waals surface area (Å²) in [5.41, 5.74) is 1.83. The summed E-state index contributed by atoms with van der Waals surface area (Å²) in [5.74, 6) is 1.75. The Labute approximate surface area is 142 Å². The molecule has 24 heavy (non-hydrogen) atoms. The molecular formula is C17H12ClN5O. The standard InChI is InChI=1S/C17H12ClN5O/c18-14-8-6-12(7-9-14)15-10-19-16(24-15)11-23-21-17(20-22-23)13-4-2-1-3-5-13/h1-10H,11H2. The van der Waals surface area contributed by atoms with Crippen LogP contribution in [0, 0.1) is 0 Å². The van der Waals surface area contributed by atoms with Crippen LogP contribution in [0.25, 0.3) is 22.7 Å². The van der Waals surface area contributed by atoms with Crippen LogP contribution in [0.3, 0.4) is 0 Å². The Morgan fingerprint density at radius 3 is 2.54 bits per heavy atom. The van der Waals surface area contributed by atoms with Gasteiger partial charge in [-0.05, 0) is 29.5 Å². The molecule has 0 atom stereocenters. The Kier molecular flexibility index (Phi) is 3.80. The zero-order chi connectivity index (χ0) is 16.4. The van der Waals surface area contributed by atoms with Gasteiger partial charge >= 0.3 is 0 Å². The molecule has 7 heteroatoms. The second kappa shape index (κ2) is 6.25. The molecule has 4 rings (SSSR count). The Hall–Kier alpha value is -2.99. The van der Waals surface area contributed by atoms with Crippen LogP contribution in [-0.2, 0) is 6.54 Å². The third-order valence-corrected chi connectivity index (χ3v) is 3.70. The fraction of sp³-hybridized carbons (Fsp3) is 0.0588. The van der Waals surface area contributed by atoms with Crippen LogP contribution in [0.5, 0.6) is 0 Å². The average molecular weight is 338 g/mol. The number of benzene rings is 2. The molecule has 2 aromatic carbocycles. The van der Waals surface area contributed by atoms with Crippen molar-refractivity contribution in [2.75, 3.05) is 0 Å². The summed E-state index contributed by atoms with van der Waals surface area (Å²) in [6.07, 6.45) is 1.67. The van der Waals surface area contributed by atoms with E-state index in [0.717, 1.165) is 11.1 Å². The minimum atomic E-state index is 0.313. The van der Waals surface area contributed by atoms with Gasteiger partial charge in [-0.1, -0.05) is 41.9 Å². The van der Waals surface area contributed by atoms with Crippen LogP contribution >= 0.6 is 11.6 Å². The number of tetrazole rings is 1. The van der Waals surface area contributed by atoms with Gasteiger partial charge in [0.1, 0.15) is 6.54 Å². The van der Waals surface area contributed by atoms with E-state index in [2.05, 4.69) is 20.4 Å². The summed E-state index contributed by atoms with van der Waals surface area (Å²) in [5, 5.41) is 13.1. The van der Waals surface area contributed by atoms with Crippen LogP contribution in [0.4, 0.5) is 0 Å². The maximum atomic E-state index is 5.89. The third-order valence-electron chi connectivity index (χ3n) is 3.44. The topological polar surface area (TPSA) is 69.6 Å². The van der Waals surface area contributed by atoms with E-state index in [4.69, 9.17) is 16.0 Å². The summed E-state index contributed by atoms with van der Waals surface area (Å²) in [6, 6.07) is 17.1. The molecular weight excluding hydrogens is 326 g/mol. The van der Waals surface area contributed by atoms with E-state index >= 15 is 0 Å². The molecule has 0 saturated carbocycles. The summed E-state index contributed by atoms with van der Waals surface area (Å²) in [4.78, 5) is 5.72. The molecule has 0 aliphatic rings. The average Bonchev–Trinajstić information content (AvgIpc) is 3.27. The molecule has 2 heterocycles. The van der Waals surface area contributed by atoms with Crippen molar-refractivity contribution in [1.82, 2.24) is 25.2 Å². The molecule has 0 radical (unpaired) electrons. The van der Waals surface area contributed by atoms with E-state index in [9.17, 15) is 0 Å². The first-order valence-electron chi connectivity index (χ1n) is 7.32. The fourth-order valence-electron chi connectivity index (χ4n) is 2.26. The molecule has 4 aromatic rings. The number of oxazole rings is 1. The van der Waals surface area contributed by atoms with E-state index in [0.29, 0.717) is 29.0 Å². The Bertz CT molecular complexity index is 947. The lowest BCUT2D eigenvalue weighted by Gasteiger charge is -1.96. The number of aromatic nitrogens is 5. The van der Waals surface area contributed by atoms with Crippen molar-refractivity contribution < 1.29 is 4.42 Å². The first-order valence-corrected chi connectivity index (χ1v) is 7.69. The first kappa shape index (κ1) is 14.6. The highest BCUT2D eigenvalue weighted by atomic mass is 35.5. The van der Waals surface area contributed by atoms with Gasteiger partial charge in [0.05, 0.1) is 6.20 Å². The number of halogens is 1. The lowest BCUT2D eigenvalue weighted by molar-refractivity contribution is 0.447. The lowest BCUT2D eigenvalue weighted by Crippen LogP contribution is -2.04. The number of hydrogen-bond donors (Lipinski definition) is 0. The summed E-state index contributed by atoms with van der Waals surface area (Å²) < 4.78 is 5.75. The number of rotatable bonds is 4. The van der Waals surface area contributed by atoms with Crippen molar-refractivity contribution in [2.24, 2.45) is 0 Å². The highest BCUT2D eigenvalue weighted by Gasteiger charge is 2.10. The molecule has 0 unspecified atom stereocenters. The van der Waals surface area contributed by atoms with E-state index in [-0.39, 0.29) is 0 Å². The highest BCUT2D eigenvalue weighted by Crippen LogP contribution is 2.22. The molecule has 0 amide bonds. The second-order valence-electron chi connectivity index (χ2n) is 5.13. The number of nitrogens with zero attached hydrogens (tertiary/aromatic N) is 5. The predicted octanol–water partition coefficient (Wildman–Crippen LogP) is 3.70. The molecule has 0 bridgehead atoms. The highest BCUT2D eigenvalue weighted by molar-refractivity contribution is 6.30. The molecule has 0 saturated heterocycles. The summed E-state index contributed by atoms with van der Waals surface area (Å²) in [7, 11) is 0. The van der Waals surface area contributed by atoms with Gasteiger partial charge in [-0.15, -0.1) is 10.2 Å². The minimum Gasteiger partial charge on any atom is -0.439 e. The lowest BCUT2D eigenvalue weighted by atomic mass is 10.2. The van der Waals surface area contributed by atoms with Crippen LogP contribution in [0.2, 0.25) is 5.02 Å². The third kappa shape index (κ3) is 3.04. The van der Waals surface area contributed by atoms with Crippen molar-refractivity contribution in [1.29, 1.82) is 0 Å². The van der Waals surface area contributed by atoms with Gasteiger partial charge < -0.3 is 4.42 Å². The van der Waals surface area contributed by atoms with E-state index in [1.54, 1.807) is 6.20 Å². The monoisotopic (exact) mass is 337 g/mol. The molecule has 0 fully saturated rings. The zero-order valence-electron chi connectivity index (χ0n) is 12.5. The van der Waals surface area contributed by atoms with Crippen LogP contribution in [0.15, 0.2) is 65.2 Å². The second-order valence-corrected chi connectivity index (χ2v) is 5.57. The number of hydrogen-bond acceptors (Lipinski definition) is 5. The van der Waals surface area contributed by atoms with E-state index < -0.39 is 0 Å². The normalized spacial score (nSPS) is 10.9. The molecule has 118 valence electrons. The Morgan fingerprint density at radius 2 is 1.75 bits per heavy atom. The van der Waals surface area contributed by atoms with Gasteiger partial charge in [-0.2, -0.15) is 4.80 Å². The van der Waals surface area contributed by atoms with Crippen LogP contribution in [0.1, 0.15) is 5.89 Å². The quantitative estimate of drug-likeness (QED) is 0.568. The molecule has 0 N–H and O–H groups in total. The largest absolute Gasteiger partial charge is 0.439 e. The van der Waals surface area contributed by atoms with Gasteiger partial charge in [-0.3, -0.25) is 0 Å².